The molecular weight excluding hydrogens is 304 g/mol. The Kier molecular flexibility index (Phi) is 5.93. The van der Waals surface area contributed by atoms with E-state index in [0.717, 1.165) is 0 Å². The molecule has 1 atom stereocenters. The lowest BCUT2D eigenvalue weighted by Crippen LogP contribution is -2.45. The van der Waals surface area contributed by atoms with Gasteiger partial charge in [-0.15, -0.1) is 0 Å². The highest BCUT2D eigenvalue weighted by Crippen LogP contribution is 2.23. The van der Waals surface area contributed by atoms with Gasteiger partial charge >= 0.3 is 0 Å². The monoisotopic (exact) mass is 326 g/mol. The van der Waals surface area contributed by atoms with E-state index in [4.69, 9.17) is 4.74 Å². The lowest BCUT2D eigenvalue weighted by Gasteiger charge is -2.31. The van der Waals surface area contributed by atoms with Crippen molar-refractivity contribution >= 4 is 15.9 Å². The molecule has 1 aliphatic heterocycles. The van der Waals surface area contributed by atoms with Crippen LogP contribution in [0.25, 0.3) is 0 Å². The standard InChI is InChI=1S/C15H22N2O4S/c1-21-11-9-16-15(18)13-6-5-10-17(12-13)22(19,20)14-7-3-2-4-8-14/h2-4,7-8,13H,5-6,9-12H2,1H3,(H,16,18)/t13-/m1/s1. The Morgan fingerprint density at radius 1 is 1.36 bits per heavy atom. The molecule has 1 aromatic rings. The van der Waals surface area contributed by atoms with Crippen molar-refractivity contribution < 1.29 is 17.9 Å². The minimum atomic E-state index is -3.52. The maximum atomic E-state index is 12.6. The maximum absolute atomic E-state index is 12.6. The van der Waals surface area contributed by atoms with Crippen molar-refractivity contribution in [3.63, 3.8) is 0 Å². The number of ether oxygens (including phenoxy) is 1. The number of amides is 1. The van der Waals surface area contributed by atoms with Crippen molar-refractivity contribution in [2.75, 3.05) is 33.4 Å². The van der Waals surface area contributed by atoms with E-state index in [0.29, 0.717) is 32.5 Å². The molecule has 0 spiro atoms. The smallest absolute Gasteiger partial charge is 0.243 e. The van der Waals surface area contributed by atoms with Gasteiger partial charge in [0.05, 0.1) is 17.4 Å². The lowest BCUT2D eigenvalue weighted by atomic mass is 9.99. The first-order valence-electron chi connectivity index (χ1n) is 7.37. The first-order valence-corrected chi connectivity index (χ1v) is 8.81. The number of carbonyl (C=O) groups is 1. The zero-order chi connectivity index (χ0) is 16.0. The van der Waals surface area contributed by atoms with Crippen molar-refractivity contribution in [3.8, 4) is 0 Å². The second-order valence-corrected chi connectivity index (χ2v) is 7.24. The molecule has 1 aromatic carbocycles. The molecule has 0 bridgehead atoms. The van der Waals surface area contributed by atoms with E-state index < -0.39 is 10.0 Å². The summed E-state index contributed by atoms with van der Waals surface area (Å²) >= 11 is 0. The van der Waals surface area contributed by atoms with Crippen molar-refractivity contribution in [1.29, 1.82) is 0 Å². The number of nitrogens with one attached hydrogen (secondary N) is 1. The van der Waals surface area contributed by atoms with Crippen molar-refractivity contribution in [1.82, 2.24) is 9.62 Å². The molecule has 0 unspecified atom stereocenters. The zero-order valence-corrected chi connectivity index (χ0v) is 13.5. The highest BCUT2D eigenvalue weighted by molar-refractivity contribution is 7.89. The largest absolute Gasteiger partial charge is 0.383 e. The summed E-state index contributed by atoms with van der Waals surface area (Å²) in [5.74, 6) is -0.408. The Labute approximate surface area is 131 Å². The van der Waals surface area contributed by atoms with Gasteiger partial charge < -0.3 is 10.1 Å². The fourth-order valence-electron chi connectivity index (χ4n) is 2.54. The third-order valence-electron chi connectivity index (χ3n) is 3.74. The van der Waals surface area contributed by atoms with Crippen LogP contribution in [0.3, 0.4) is 0 Å². The van der Waals surface area contributed by atoms with Crippen LogP contribution in [0.1, 0.15) is 12.8 Å². The van der Waals surface area contributed by atoms with E-state index in [-0.39, 0.29) is 23.3 Å². The molecule has 1 amide bonds. The van der Waals surface area contributed by atoms with Crippen LogP contribution < -0.4 is 5.32 Å². The number of rotatable bonds is 6. The summed E-state index contributed by atoms with van der Waals surface area (Å²) in [6.07, 6.45) is 1.40. The Morgan fingerprint density at radius 2 is 2.09 bits per heavy atom. The number of piperidine rings is 1. The van der Waals surface area contributed by atoms with Crippen LogP contribution in [-0.2, 0) is 19.6 Å². The Balaban J connectivity index is 2.03. The fourth-order valence-corrected chi connectivity index (χ4v) is 4.08. The van der Waals surface area contributed by atoms with E-state index in [2.05, 4.69) is 5.32 Å². The van der Waals surface area contributed by atoms with E-state index in [1.165, 1.54) is 4.31 Å². The zero-order valence-electron chi connectivity index (χ0n) is 12.7. The number of benzene rings is 1. The van der Waals surface area contributed by atoms with Crippen LogP contribution in [0.5, 0.6) is 0 Å². The van der Waals surface area contributed by atoms with Crippen molar-refractivity contribution in [2.24, 2.45) is 5.92 Å². The number of nitrogens with zero attached hydrogens (tertiary/aromatic N) is 1. The van der Waals surface area contributed by atoms with Crippen LogP contribution in [-0.4, -0.2) is 52.0 Å². The van der Waals surface area contributed by atoms with E-state index >= 15 is 0 Å². The van der Waals surface area contributed by atoms with E-state index in [9.17, 15) is 13.2 Å². The first kappa shape index (κ1) is 16.9. The number of hydrogen-bond acceptors (Lipinski definition) is 4. The van der Waals surface area contributed by atoms with Gasteiger partial charge in [0.1, 0.15) is 0 Å². The van der Waals surface area contributed by atoms with Gasteiger partial charge in [-0.05, 0) is 25.0 Å². The molecule has 1 fully saturated rings. The van der Waals surface area contributed by atoms with Crippen LogP contribution in [0, 0.1) is 5.92 Å². The maximum Gasteiger partial charge on any atom is 0.243 e. The molecule has 22 heavy (non-hydrogen) atoms. The third kappa shape index (κ3) is 4.06. The summed E-state index contributed by atoms with van der Waals surface area (Å²) < 4.78 is 31.5. The molecular formula is C15H22N2O4S. The molecule has 0 radical (unpaired) electrons. The first-order chi connectivity index (χ1) is 10.6. The van der Waals surface area contributed by atoms with Gasteiger partial charge in [-0.25, -0.2) is 8.42 Å². The highest BCUT2D eigenvalue weighted by Gasteiger charge is 2.32. The molecule has 122 valence electrons. The summed E-state index contributed by atoms with van der Waals surface area (Å²) in [6.45, 7) is 1.58. The quantitative estimate of drug-likeness (QED) is 0.787. The SMILES string of the molecule is COCCNC(=O)[C@@H]1CCCN(S(=O)(=O)c2ccccc2)C1. The van der Waals surface area contributed by atoms with Gasteiger partial charge in [-0.3, -0.25) is 4.79 Å². The van der Waals surface area contributed by atoms with Crippen molar-refractivity contribution in [2.45, 2.75) is 17.7 Å². The molecule has 1 aliphatic rings. The average Bonchev–Trinajstić information content (AvgIpc) is 2.56. The predicted molar refractivity (Wildman–Crippen MR) is 82.8 cm³/mol. The normalized spacial score (nSPS) is 19.8. The molecule has 1 saturated heterocycles. The minimum Gasteiger partial charge on any atom is -0.383 e. The summed E-state index contributed by atoms with van der Waals surface area (Å²) in [6, 6.07) is 8.34. The Bertz CT molecular complexity index is 589. The van der Waals surface area contributed by atoms with Crippen molar-refractivity contribution in [3.05, 3.63) is 30.3 Å². The van der Waals surface area contributed by atoms with Crippen LogP contribution >= 0.6 is 0 Å². The molecule has 6 nitrogen and oxygen atoms in total. The third-order valence-corrected chi connectivity index (χ3v) is 5.62. The molecule has 1 N–H and O–H groups in total. The number of hydrogen-bond donors (Lipinski definition) is 1. The second-order valence-electron chi connectivity index (χ2n) is 5.30. The van der Waals surface area contributed by atoms with Gasteiger partial charge in [-0.1, -0.05) is 18.2 Å². The molecule has 0 aliphatic carbocycles. The molecule has 2 rings (SSSR count). The minimum absolute atomic E-state index is 0.106. The molecule has 1 heterocycles. The lowest BCUT2D eigenvalue weighted by molar-refractivity contribution is -0.126. The molecule has 0 aromatic heterocycles. The van der Waals surface area contributed by atoms with Gasteiger partial charge in [0.2, 0.25) is 15.9 Å². The number of carbonyl (C=O) groups excluding carboxylic acids is 1. The van der Waals surface area contributed by atoms with Gasteiger partial charge in [0.25, 0.3) is 0 Å². The van der Waals surface area contributed by atoms with Gasteiger partial charge in [0.15, 0.2) is 0 Å². The van der Waals surface area contributed by atoms with E-state index in [1.807, 2.05) is 0 Å². The van der Waals surface area contributed by atoms with Crippen LogP contribution in [0.15, 0.2) is 35.2 Å². The number of sulfonamides is 1. The summed E-state index contributed by atoms with van der Waals surface area (Å²) in [5.41, 5.74) is 0. The van der Waals surface area contributed by atoms with Gasteiger partial charge in [0, 0.05) is 26.7 Å². The predicted octanol–water partition coefficient (Wildman–Crippen LogP) is 0.850. The summed E-state index contributed by atoms with van der Waals surface area (Å²) in [4.78, 5) is 12.4. The average molecular weight is 326 g/mol. The Morgan fingerprint density at radius 3 is 2.77 bits per heavy atom. The second kappa shape index (κ2) is 7.71. The highest BCUT2D eigenvalue weighted by atomic mass is 32.2. The topological polar surface area (TPSA) is 75.7 Å². The van der Waals surface area contributed by atoms with Gasteiger partial charge in [-0.2, -0.15) is 4.31 Å². The van der Waals surface area contributed by atoms with Crippen LogP contribution in [0.4, 0.5) is 0 Å². The summed E-state index contributed by atoms with van der Waals surface area (Å²) in [7, 11) is -1.95. The van der Waals surface area contributed by atoms with E-state index in [1.54, 1.807) is 37.4 Å². The molecule has 0 saturated carbocycles. The fraction of sp³-hybridized carbons (Fsp3) is 0.533. The Hall–Kier alpha value is -1.44. The molecule has 7 heteroatoms. The van der Waals surface area contributed by atoms with Crippen LogP contribution in [0.2, 0.25) is 0 Å². The number of methoxy groups -OCH3 is 1. The summed E-state index contributed by atoms with van der Waals surface area (Å²) in [5, 5.41) is 2.78.